The van der Waals surface area contributed by atoms with E-state index in [1.165, 1.54) is 0 Å². The maximum atomic E-state index is 13.2. The number of carbonyl (C=O) groups is 2. The summed E-state index contributed by atoms with van der Waals surface area (Å²) >= 11 is 0. The molecule has 1 aliphatic heterocycles. The van der Waals surface area contributed by atoms with Gasteiger partial charge in [0, 0.05) is 42.7 Å². The number of aromatic nitrogens is 3. The van der Waals surface area contributed by atoms with E-state index in [4.69, 9.17) is 10.5 Å². The van der Waals surface area contributed by atoms with Crippen LogP contribution >= 0.6 is 0 Å². The van der Waals surface area contributed by atoms with Crippen LogP contribution in [0.15, 0.2) is 30.6 Å². The summed E-state index contributed by atoms with van der Waals surface area (Å²) in [6, 6.07) is 5.57. The fraction of sp³-hybridized carbons (Fsp3) is 0.440. The van der Waals surface area contributed by atoms with Crippen LogP contribution in [0.3, 0.4) is 0 Å². The second kappa shape index (κ2) is 7.86. The molecule has 1 spiro atoms. The van der Waals surface area contributed by atoms with Gasteiger partial charge in [0.25, 0.3) is 5.91 Å². The molecule has 2 aliphatic rings. The minimum atomic E-state index is -0.0851. The number of Topliss-reactive ketones (excluding diaryl/α,β-unsaturated/α-hetero) is 1. The Morgan fingerprint density at radius 1 is 1.15 bits per heavy atom. The van der Waals surface area contributed by atoms with Crippen LogP contribution in [0.25, 0.3) is 10.9 Å². The monoisotopic (exact) mass is 447 g/mol. The lowest BCUT2D eigenvalue weighted by molar-refractivity contribution is 0.0517. The van der Waals surface area contributed by atoms with Gasteiger partial charge in [0.2, 0.25) is 0 Å². The van der Waals surface area contributed by atoms with E-state index in [2.05, 4.69) is 10.1 Å². The number of hydrogen-bond acceptors (Lipinski definition) is 6. The topological polar surface area (TPSA) is 103 Å². The average Bonchev–Trinajstić information content (AvgIpc) is 3.23. The van der Waals surface area contributed by atoms with E-state index in [-0.39, 0.29) is 23.1 Å². The van der Waals surface area contributed by atoms with Crippen molar-refractivity contribution >= 4 is 28.3 Å². The third kappa shape index (κ3) is 3.63. The zero-order chi connectivity index (χ0) is 23.3. The summed E-state index contributed by atoms with van der Waals surface area (Å²) in [5.41, 5.74) is 9.49. The molecule has 172 valence electrons. The zero-order valence-electron chi connectivity index (χ0n) is 19.3. The first-order chi connectivity index (χ1) is 15.8. The third-order valence-electron chi connectivity index (χ3n) is 7.12. The Kier molecular flexibility index (Phi) is 5.11. The summed E-state index contributed by atoms with van der Waals surface area (Å²) in [5, 5.41) is 5.27. The number of pyridine rings is 1. The number of rotatable bonds is 3. The molecule has 33 heavy (non-hydrogen) atoms. The summed E-state index contributed by atoms with van der Waals surface area (Å²) in [4.78, 5) is 32.5. The van der Waals surface area contributed by atoms with Gasteiger partial charge >= 0.3 is 0 Å². The van der Waals surface area contributed by atoms with Crippen LogP contribution in [0, 0.1) is 5.41 Å². The molecular formula is C25H29N5O3. The average molecular weight is 448 g/mol. The standard InChI is InChI=1S/C25H29N5O3/c1-15(2)30-23-18(14-28-30)11-25(12-21(23)31)4-6-29(7-5-25)24(32)17-8-16-9-22(33-3)19(26)10-20(16)27-13-17/h8-10,13-15H,4-7,11-12,26H2,1-3H3. The molecule has 0 saturated carbocycles. The largest absolute Gasteiger partial charge is 0.495 e. The number of fused-ring (bicyclic) bond motifs is 2. The van der Waals surface area contributed by atoms with Gasteiger partial charge in [0.05, 0.1) is 30.1 Å². The molecule has 1 amide bonds. The number of piperidine rings is 1. The van der Waals surface area contributed by atoms with Crippen LogP contribution in [-0.4, -0.2) is 51.6 Å². The van der Waals surface area contributed by atoms with Gasteiger partial charge in [-0.3, -0.25) is 19.3 Å². The number of carbonyl (C=O) groups excluding carboxylic acids is 2. The van der Waals surface area contributed by atoms with Crippen molar-refractivity contribution in [2.75, 3.05) is 25.9 Å². The second-order valence-electron chi connectivity index (χ2n) is 9.64. The van der Waals surface area contributed by atoms with Crippen molar-refractivity contribution in [1.82, 2.24) is 19.7 Å². The van der Waals surface area contributed by atoms with Crippen LogP contribution < -0.4 is 10.5 Å². The quantitative estimate of drug-likeness (QED) is 0.615. The molecule has 3 aromatic rings. The summed E-state index contributed by atoms with van der Waals surface area (Å²) in [5.74, 6) is 0.704. The maximum Gasteiger partial charge on any atom is 0.255 e. The van der Waals surface area contributed by atoms with E-state index >= 15 is 0 Å². The van der Waals surface area contributed by atoms with E-state index < -0.39 is 0 Å². The van der Waals surface area contributed by atoms with Gasteiger partial charge < -0.3 is 15.4 Å². The van der Waals surface area contributed by atoms with Gasteiger partial charge in [-0.05, 0) is 56.7 Å². The van der Waals surface area contributed by atoms with E-state index in [1.54, 1.807) is 19.4 Å². The lowest BCUT2D eigenvalue weighted by Crippen LogP contribution is -2.46. The Balaban J connectivity index is 1.32. The highest BCUT2D eigenvalue weighted by molar-refractivity contribution is 5.99. The number of likely N-dealkylation sites (tertiary alicyclic amines) is 1. The molecular weight excluding hydrogens is 418 g/mol. The van der Waals surface area contributed by atoms with E-state index in [9.17, 15) is 9.59 Å². The molecule has 0 radical (unpaired) electrons. The zero-order valence-corrected chi connectivity index (χ0v) is 19.3. The molecule has 5 rings (SSSR count). The minimum Gasteiger partial charge on any atom is -0.495 e. The van der Waals surface area contributed by atoms with E-state index in [0.29, 0.717) is 36.5 Å². The van der Waals surface area contributed by atoms with Crippen molar-refractivity contribution in [3.63, 3.8) is 0 Å². The smallest absolute Gasteiger partial charge is 0.255 e. The van der Waals surface area contributed by atoms with Gasteiger partial charge in [-0.2, -0.15) is 5.10 Å². The lowest BCUT2D eigenvalue weighted by atomic mass is 9.67. The highest BCUT2D eigenvalue weighted by Crippen LogP contribution is 2.44. The number of nitrogen functional groups attached to an aromatic ring is 1. The first kappa shape index (κ1) is 21.4. The maximum absolute atomic E-state index is 13.2. The third-order valence-corrected chi connectivity index (χ3v) is 7.12. The van der Waals surface area contributed by atoms with Crippen LogP contribution in [0.4, 0.5) is 5.69 Å². The first-order valence-electron chi connectivity index (χ1n) is 11.4. The van der Waals surface area contributed by atoms with Crippen LogP contribution in [0.2, 0.25) is 0 Å². The first-order valence-corrected chi connectivity index (χ1v) is 11.4. The number of benzene rings is 1. The van der Waals surface area contributed by atoms with E-state index in [1.807, 2.05) is 41.8 Å². The lowest BCUT2D eigenvalue weighted by Gasteiger charge is -2.43. The molecule has 8 nitrogen and oxygen atoms in total. The van der Waals surface area contributed by atoms with Gasteiger partial charge in [-0.1, -0.05) is 0 Å². The summed E-state index contributed by atoms with van der Waals surface area (Å²) in [6.45, 7) is 5.34. The molecule has 8 heteroatoms. The predicted molar refractivity (Wildman–Crippen MR) is 126 cm³/mol. The fourth-order valence-electron chi connectivity index (χ4n) is 5.30. The van der Waals surface area contributed by atoms with Gasteiger partial charge in [0.15, 0.2) is 5.78 Å². The molecule has 0 bridgehead atoms. The molecule has 0 atom stereocenters. The van der Waals surface area contributed by atoms with Crippen molar-refractivity contribution in [2.45, 2.75) is 45.6 Å². The molecule has 1 fully saturated rings. The van der Waals surface area contributed by atoms with Gasteiger partial charge in [0.1, 0.15) is 11.4 Å². The molecule has 2 N–H and O–H groups in total. The van der Waals surface area contributed by atoms with Crippen LogP contribution in [0.1, 0.15) is 65.6 Å². The molecule has 2 aromatic heterocycles. The summed E-state index contributed by atoms with van der Waals surface area (Å²) in [6.07, 6.45) is 6.45. The predicted octanol–water partition coefficient (Wildman–Crippen LogP) is 3.65. The van der Waals surface area contributed by atoms with Crippen LogP contribution in [0.5, 0.6) is 5.75 Å². The Hall–Kier alpha value is -3.42. The second-order valence-corrected chi connectivity index (χ2v) is 9.64. The van der Waals surface area contributed by atoms with Crippen LogP contribution in [-0.2, 0) is 6.42 Å². The number of nitrogens with two attached hydrogens (primary N) is 1. The van der Waals surface area contributed by atoms with Crippen molar-refractivity contribution in [1.29, 1.82) is 0 Å². The number of ether oxygens (including phenoxy) is 1. The SMILES string of the molecule is COc1cc2cc(C(=O)N3CCC4(CC3)CC(=O)c3c(cnn3C(C)C)C4)cnc2cc1N. The fourth-order valence-corrected chi connectivity index (χ4v) is 5.30. The minimum absolute atomic E-state index is 0.0366. The van der Waals surface area contributed by atoms with Crippen molar-refractivity contribution in [2.24, 2.45) is 5.41 Å². The number of hydrogen-bond donors (Lipinski definition) is 1. The summed E-state index contributed by atoms with van der Waals surface area (Å²) in [7, 11) is 1.57. The number of ketones is 1. The van der Waals surface area contributed by atoms with E-state index in [0.717, 1.165) is 41.4 Å². The molecule has 3 heterocycles. The molecule has 0 unspecified atom stereocenters. The van der Waals surface area contributed by atoms with Crippen molar-refractivity contribution in [3.8, 4) is 5.75 Å². The van der Waals surface area contributed by atoms with Gasteiger partial charge in [-0.25, -0.2) is 0 Å². The number of anilines is 1. The Bertz CT molecular complexity index is 1250. The highest BCUT2D eigenvalue weighted by atomic mass is 16.5. The molecule has 1 saturated heterocycles. The highest BCUT2D eigenvalue weighted by Gasteiger charge is 2.43. The Morgan fingerprint density at radius 2 is 1.91 bits per heavy atom. The van der Waals surface area contributed by atoms with Crippen molar-refractivity contribution < 1.29 is 14.3 Å². The number of nitrogens with zero attached hydrogens (tertiary/aromatic N) is 4. The normalized spacial score (nSPS) is 17.6. The number of amides is 1. The van der Waals surface area contributed by atoms with Crippen molar-refractivity contribution in [3.05, 3.63) is 47.4 Å². The molecule has 1 aliphatic carbocycles. The Labute approximate surface area is 192 Å². The Morgan fingerprint density at radius 3 is 2.61 bits per heavy atom. The van der Waals surface area contributed by atoms with Gasteiger partial charge in [-0.15, -0.1) is 0 Å². The summed E-state index contributed by atoms with van der Waals surface area (Å²) < 4.78 is 7.15. The molecule has 1 aromatic carbocycles. The number of methoxy groups -OCH3 is 1.